The second-order valence-corrected chi connectivity index (χ2v) is 8.68. The van der Waals surface area contributed by atoms with E-state index in [0.717, 1.165) is 37.3 Å². The number of allylic oxidation sites excluding steroid dienone is 4. The molecule has 3 rings (SSSR count). The number of halogens is 6. The number of nitrogens with one attached hydrogen (secondary N) is 2. The second-order valence-electron chi connectivity index (χ2n) is 7.00. The van der Waals surface area contributed by atoms with E-state index in [1.54, 1.807) is 0 Å². The SMILES string of the molecule is CC1(C(F)(F)F)C=CC=C(NS(=O)(=O)c2ccc3[nH]c(=O)cc(C(F)(F)F)c3c2)C1. The largest absolute Gasteiger partial charge is 0.417 e. The molecule has 0 spiro atoms. The fourth-order valence-corrected chi connectivity index (χ4v) is 4.14. The van der Waals surface area contributed by atoms with Crippen LogP contribution in [0.2, 0.25) is 0 Å². The Morgan fingerprint density at radius 3 is 2.37 bits per heavy atom. The number of rotatable bonds is 3. The summed E-state index contributed by atoms with van der Waals surface area (Å²) in [5, 5.41) is -0.567. The smallest absolute Gasteiger partial charge is 0.322 e. The van der Waals surface area contributed by atoms with Gasteiger partial charge in [0.05, 0.1) is 15.9 Å². The number of sulfonamides is 1. The first-order chi connectivity index (χ1) is 13.6. The van der Waals surface area contributed by atoms with Gasteiger partial charge in [0, 0.05) is 29.1 Å². The average Bonchev–Trinajstić information content (AvgIpc) is 2.58. The molecule has 12 heteroatoms. The molecule has 0 bridgehead atoms. The van der Waals surface area contributed by atoms with Gasteiger partial charge in [-0.05, 0) is 31.2 Å². The third kappa shape index (κ3) is 4.09. The van der Waals surface area contributed by atoms with Crippen LogP contribution in [0.25, 0.3) is 10.9 Å². The summed E-state index contributed by atoms with van der Waals surface area (Å²) in [5.74, 6) is 0. The number of hydrogen-bond acceptors (Lipinski definition) is 3. The standard InChI is InChI=1S/C18H14F6N2O3S/c1-16(18(22,23)24)6-2-3-10(9-16)26-30(28,29)11-4-5-14-12(7-11)13(17(19,20)21)8-15(27)25-14/h2-8,26H,9H2,1H3,(H,25,27). The Balaban J connectivity index is 2.01. The van der Waals surface area contributed by atoms with E-state index in [0.29, 0.717) is 12.1 Å². The lowest BCUT2D eigenvalue weighted by molar-refractivity contribution is -0.200. The zero-order valence-corrected chi connectivity index (χ0v) is 16.0. The highest BCUT2D eigenvalue weighted by Gasteiger charge is 2.50. The minimum atomic E-state index is -4.92. The van der Waals surface area contributed by atoms with Crippen molar-refractivity contribution in [1.29, 1.82) is 0 Å². The van der Waals surface area contributed by atoms with Crippen molar-refractivity contribution >= 4 is 20.9 Å². The molecule has 0 fully saturated rings. The van der Waals surface area contributed by atoms with Crippen LogP contribution in [0.3, 0.4) is 0 Å². The first-order valence-corrected chi connectivity index (χ1v) is 9.83. The number of fused-ring (bicyclic) bond motifs is 1. The number of pyridine rings is 1. The van der Waals surface area contributed by atoms with E-state index in [2.05, 4.69) is 4.98 Å². The Morgan fingerprint density at radius 1 is 1.10 bits per heavy atom. The quantitative estimate of drug-likeness (QED) is 0.684. The Hall–Kier alpha value is -2.76. The molecule has 5 nitrogen and oxygen atoms in total. The fraction of sp³-hybridized carbons (Fsp3) is 0.278. The molecule has 2 N–H and O–H groups in total. The molecular formula is C18H14F6N2O3S. The summed E-state index contributed by atoms with van der Waals surface area (Å²) >= 11 is 0. The second kappa shape index (κ2) is 6.89. The Labute approximate surface area is 166 Å². The minimum absolute atomic E-state index is 0.238. The van der Waals surface area contributed by atoms with Crippen molar-refractivity contribution in [3.8, 4) is 0 Å². The van der Waals surface area contributed by atoms with E-state index in [4.69, 9.17) is 0 Å². The van der Waals surface area contributed by atoms with Gasteiger partial charge in [-0.3, -0.25) is 9.52 Å². The van der Waals surface area contributed by atoms with Crippen molar-refractivity contribution in [2.45, 2.75) is 30.6 Å². The van der Waals surface area contributed by atoms with E-state index in [1.165, 1.54) is 0 Å². The van der Waals surface area contributed by atoms with Gasteiger partial charge < -0.3 is 4.98 Å². The van der Waals surface area contributed by atoms with Gasteiger partial charge in [-0.15, -0.1) is 0 Å². The molecule has 0 radical (unpaired) electrons. The Bertz CT molecular complexity index is 1230. The van der Waals surface area contributed by atoms with E-state index in [-0.39, 0.29) is 11.2 Å². The Morgan fingerprint density at radius 2 is 1.77 bits per heavy atom. The van der Waals surface area contributed by atoms with Gasteiger partial charge in [0.1, 0.15) is 0 Å². The molecule has 0 saturated heterocycles. The Kier molecular flexibility index (Phi) is 5.04. The molecule has 0 amide bonds. The predicted octanol–water partition coefficient (Wildman–Crippen LogP) is 4.24. The van der Waals surface area contributed by atoms with E-state index >= 15 is 0 Å². The van der Waals surface area contributed by atoms with Crippen LogP contribution in [0.15, 0.2) is 57.9 Å². The van der Waals surface area contributed by atoms with E-state index in [9.17, 15) is 39.6 Å². The highest BCUT2D eigenvalue weighted by Crippen LogP contribution is 2.45. The maximum Gasteiger partial charge on any atom is 0.417 e. The molecule has 1 unspecified atom stereocenters. The molecule has 1 aliphatic carbocycles. The van der Waals surface area contributed by atoms with Gasteiger partial charge in [-0.2, -0.15) is 26.3 Å². The van der Waals surface area contributed by atoms with Gasteiger partial charge in [-0.1, -0.05) is 12.2 Å². The molecule has 2 aromatic rings. The zero-order valence-electron chi connectivity index (χ0n) is 15.1. The van der Waals surface area contributed by atoms with E-state index in [1.807, 2.05) is 4.72 Å². The molecule has 1 aromatic carbocycles. The number of aromatic amines is 1. The molecule has 1 aliphatic rings. The van der Waals surface area contributed by atoms with Crippen LogP contribution in [-0.4, -0.2) is 19.6 Å². The summed E-state index contributed by atoms with van der Waals surface area (Å²) in [5.41, 5.74) is -5.16. The molecule has 0 saturated carbocycles. The topological polar surface area (TPSA) is 79.0 Å². The van der Waals surface area contributed by atoms with Gasteiger partial charge in [0.15, 0.2) is 0 Å². The number of benzene rings is 1. The first-order valence-electron chi connectivity index (χ1n) is 8.35. The molecular weight excluding hydrogens is 438 g/mol. The summed E-state index contributed by atoms with van der Waals surface area (Å²) in [6, 6.07) is 2.94. The lowest BCUT2D eigenvalue weighted by Gasteiger charge is -2.32. The van der Waals surface area contributed by atoms with Gasteiger partial charge in [0.25, 0.3) is 10.0 Å². The lowest BCUT2D eigenvalue weighted by atomic mass is 9.82. The summed E-state index contributed by atoms with van der Waals surface area (Å²) in [7, 11) is -4.50. The molecule has 30 heavy (non-hydrogen) atoms. The molecule has 162 valence electrons. The zero-order chi connectivity index (χ0) is 22.5. The first kappa shape index (κ1) is 21.9. The van der Waals surface area contributed by atoms with Crippen LogP contribution >= 0.6 is 0 Å². The van der Waals surface area contributed by atoms with Crippen LogP contribution in [0.4, 0.5) is 26.3 Å². The number of H-pyrrole nitrogens is 1. The molecule has 0 aliphatic heterocycles. The summed E-state index contributed by atoms with van der Waals surface area (Å²) in [6.07, 6.45) is -7.15. The number of aromatic nitrogens is 1. The van der Waals surface area contributed by atoms with Gasteiger partial charge >= 0.3 is 12.4 Å². The summed E-state index contributed by atoms with van der Waals surface area (Å²) < 4.78 is 107. The van der Waals surface area contributed by atoms with Crippen molar-refractivity contribution in [1.82, 2.24) is 9.71 Å². The van der Waals surface area contributed by atoms with Crippen LogP contribution in [0.1, 0.15) is 18.9 Å². The van der Waals surface area contributed by atoms with Crippen LogP contribution in [0.5, 0.6) is 0 Å². The fourth-order valence-electron chi connectivity index (χ4n) is 3.02. The predicted molar refractivity (Wildman–Crippen MR) is 95.9 cm³/mol. The monoisotopic (exact) mass is 452 g/mol. The van der Waals surface area contributed by atoms with Gasteiger partial charge in [-0.25, -0.2) is 8.42 Å². The number of hydrogen-bond donors (Lipinski definition) is 2. The molecule has 1 atom stereocenters. The molecule has 1 aromatic heterocycles. The molecule has 1 heterocycles. The van der Waals surface area contributed by atoms with Crippen molar-refractivity contribution in [2.24, 2.45) is 5.41 Å². The van der Waals surface area contributed by atoms with Crippen molar-refractivity contribution in [2.75, 3.05) is 0 Å². The van der Waals surface area contributed by atoms with E-state index < -0.39 is 55.6 Å². The van der Waals surface area contributed by atoms with Crippen LogP contribution < -0.4 is 10.3 Å². The van der Waals surface area contributed by atoms with Crippen LogP contribution in [0, 0.1) is 5.41 Å². The van der Waals surface area contributed by atoms with Crippen molar-refractivity contribution in [3.63, 3.8) is 0 Å². The normalized spacial score (nSPS) is 20.3. The highest BCUT2D eigenvalue weighted by atomic mass is 32.2. The summed E-state index contributed by atoms with van der Waals surface area (Å²) in [4.78, 5) is 13.0. The van der Waals surface area contributed by atoms with Crippen molar-refractivity contribution < 1.29 is 34.8 Å². The van der Waals surface area contributed by atoms with Crippen molar-refractivity contribution in [3.05, 3.63) is 64.1 Å². The highest BCUT2D eigenvalue weighted by molar-refractivity contribution is 7.89. The number of alkyl halides is 6. The maximum absolute atomic E-state index is 13.3. The lowest BCUT2D eigenvalue weighted by Crippen LogP contribution is -2.37. The van der Waals surface area contributed by atoms with Gasteiger partial charge in [0.2, 0.25) is 5.56 Å². The minimum Gasteiger partial charge on any atom is -0.322 e. The average molecular weight is 452 g/mol. The third-order valence-electron chi connectivity index (χ3n) is 4.66. The van der Waals surface area contributed by atoms with Crippen LogP contribution in [-0.2, 0) is 16.2 Å². The third-order valence-corrected chi connectivity index (χ3v) is 6.07. The summed E-state index contributed by atoms with van der Waals surface area (Å²) in [6.45, 7) is 0.896. The maximum atomic E-state index is 13.3.